The number of fused-ring (bicyclic) bond motifs is 1. The van der Waals surface area contributed by atoms with Crippen LogP contribution in [0.2, 0.25) is 0 Å². The number of para-hydroxylation sites is 1. The van der Waals surface area contributed by atoms with Crippen molar-refractivity contribution in [2.24, 2.45) is 11.0 Å². The third kappa shape index (κ3) is 5.26. The Morgan fingerprint density at radius 3 is 2.66 bits per heavy atom. The highest BCUT2D eigenvalue weighted by atomic mass is 16.2. The van der Waals surface area contributed by atoms with E-state index in [2.05, 4.69) is 15.7 Å². The van der Waals surface area contributed by atoms with Gasteiger partial charge in [-0.2, -0.15) is 5.10 Å². The van der Waals surface area contributed by atoms with Gasteiger partial charge in [0.05, 0.1) is 11.1 Å². The van der Waals surface area contributed by atoms with E-state index in [9.17, 15) is 9.59 Å². The molecular formula is C25H33N5O2. The van der Waals surface area contributed by atoms with Crippen molar-refractivity contribution in [3.05, 3.63) is 41.6 Å². The molecule has 0 saturated heterocycles. The highest BCUT2D eigenvalue weighted by Crippen LogP contribution is 2.36. The first-order valence-electron chi connectivity index (χ1n) is 11.7. The molecule has 7 heteroatoms. The minimum Gasteiger partial charge on any atom is -0.356 e. The standard InChI is InChI=1S/C25H33N5O2/c1-17-11-13-30(29-17)14-12-24(31)27-16-18-7-9-19(10-8-18)23-15-21(25(32)26-2)20-5-3-4-6-22(20)28-23/h3-6,15,18-19H,7-14,16H2,1-2H3,(H,26,32)(H,27,31). The fourth-order valence-electron chi connectivity index (χ4n) is 4.76. The van der Waals surface area contributed by atoms with Gasteiger partial charge in [-0.05, 0) is 50.7 Å². The van der Waals surface area contributed by atoms with Crippen LogP contribution in [0.5, 0.6) is 0 Å². The van der Waals surface area contributed by atoms with Crippen molar-refractivity contribution in [2.75, 3.05) is 26.7 Å². The quantitative estimate of drug-likeness (QED) is 0.697. The fourth-order valence-corrected chi connectivity index (χ4v) is 4.76. The maximum atomic E-state index is 12.4. The van der Waals surface area contributed by atoms with Gasteiger partial charge in [-0.1, -0.05) is 18.2 Å². The number of aromatic nitrogens is 1. The Kier molecular flexibility index (Phi) is 7.02. The van der Waals surface area contributed by atoms with Gasteiger partial charge in [-0.25, -0.2) is 0 Å². The number of hydrazone groups is 1. The van der Waals surface area contributed by atoms with Crippen molar-refractivity contribution in [3.8, 4) is 0 Å². The average molecular weight is 436 g/mol. The van der Waals surface area contributed by atoms with Crippen LogP contribution >= 0.6 is 0 Å². The summed E-state index contributed by atoms with van der Waals surface area (Å²) < 4.78 is 0. The predicted octanol–water partition coefficient (Wildman–Crippen LogP) is 3.46. The number of hydrogen-bond acceptors (Lipinski definition) is 5. The molecule has 1 fully saturated rings. The lowest BCUT2D eigenvalue weighted by Gasteiger charge is -2.28. The Bertz CT molecular complexity index is 1010. The van der Waals surface area contributed by atoms with Crippen LogP contribution in [0.25, 0.3) is 10.9 Å². The number of nitrogens with zero attached hydrogens (tertiary/aromatic N) is 3. The normalized spacial score (nSPS) is 20.8. The lowest BCUT2D eigenvalue weighted by Crippen LogP contribution is -2.33. The van der Waals surface area contributed by atoms with E-state index < -0.39 is 0 Å². The van der Waals surface area contributed by atoms with E-state index in [-0.39, 0.29) is 11.8 Å². The fraction of sp³-hybridized carbons (Fsp3) is 0.520. The first-order valence-corrected chi connectivity index (χ1v) is 11.7. The summed E-state index contributed by atoms with van der Waals surface area (Å²) in [6.07, 6.45) is 5.67. The molecule has 0 atom stereocenters. The maximum Gasteiger partial charge on any atom is 0.251 e. The number of carbonyl (C=O) groups is 2. The third-order valence-corrected chi connectivity index (χ3v) is 6.70. The van der Waals surface area contributed by atoms with E-state index >= 15 is 0 Å². The van der Waals surface area contributed by atoms with Gasteiger partial charge in [0.15, 0.2) is 0 Å². The number of amides is 2. The Morgan fingerprint density at radius 1 is 1.16 bits per heavy atom. The van der Waals surface area contributed by atoms with Gasteiger partial charge in [0.1, 0.15) is 0 Å². The van der Waals surface area contributed by atoms with Gasteiger partial charge in [-0.15, -0.1) is 0 Å². The van der Waals surface area contributed by atoms with Crippen LogP contribution in [0, 0.1) is 5.92 Å². The molecule has 2 amide bonds. The van der Waals surface area contributed by atoms with Gasteiger partial charge >= 0.3 is 0 Å². The lowest BCUT2D eigenvalue weighted by molar-refractivity contribution is -0.121. The van der Waals surface area contributed by atoms with Crippen molar-refractivity contribution in [1.82, 2.24) is 20.6 Å². The molecule has 1 aliphatic heterocycles. The Balaban J connectivity index is 1.29. The second kappa shape index (κ2) is 10.1. The zero-order valence-electron chi connectivity index (χ0n) is 19.1. The summed E-state index contributed by atoms with van der Waals surface area (Å²) in [7, 11) is 1.66. The molecule has 1 aliphatic carbocycles. The van der Waals surface area contributed by atoms with Crippen LogP contribution in [0.4, 0.5) is 0 Å². The second-order valence-corrected chi connectivity index (χ2v) is 9.00. The molecule has 0 radical (unpaired) electrons. The topological polar surface area (TPSA) is 86.7 Å². The highest BCUT2D eigenvalue weighted by Gasteiger charge is 2.25. The van der Waals surface area contributed by atoms with Gasteiger partial charge < -0.3 is 10.6 Å². The summed E-state index contributed by atoms with van der Waals surface area (Å²) in [4.78, 5) is 29.5. The molecule has 1 aromatic heterocycles. The van der Waals surface area contributed by atoms with Gasteiger partial charge in [-0.3, -0.25) is 19.6 Å². The largest absolute Gasteiger partial charge is 0.356 e. The monoisotopic (exact) mass is 435 g/mol. The van der Waals surface area contributed by atoms with Crippen LogP contribution in [0.1, 0.15) is 67.4 Å². The van der Waals surface area contributed by atoms with Crippen LogP contribution in [0.15, 0.2) is 35.4 Å². The zero-order valence-corrected chi connectivity index (χ0v) is 19.1. The van der Waals surface area contributed by atoms with Gasteiger partial charge in [0.2, 0.25) is 5.91 Å². The van der Waals surface area contributed by atoms with Gasteiger partial charge in [0.25, 0.3) is 5.91 Å². The number of pyridine rings is 1. The maximum absolute atomic E-state index is 12.4. The lowest BCUT2D eigenvalue weighted by atomic mass is 9.80. The molecule has 0 unspecified atom stereocenters. The van der Waals surface area contributed by atoms with E-state index in [0.717, 1.165) is 67.5 Å². The summed E-state index contributed by atoms with van der Waals surface area (Å²) in [5, 5.41) is 13.2. The number of nitrogens with one attached hydrogen (secondary N) is 2. The molecule has 32 heavy (non-hydrogen) atoms. The Morgan fingerprint density at radius 2 is 1.94 bits per heavy atom. The Labute approximate surface area is 189 Å². The SMILES string of the molecule is CNC(=O)c1cc(C2CCC(CNC(=O)CCN3CCC(C)=N3)CC2)nc2ccccc12. The van der Waals surface area contributed by atoms with Crippen LogP contribution < -0.4 is 10.6 Å². The summed E-state index contributed by atoms with van der Waals surface area (Å²) in [5.74, 6) is 0.890. The summed E-state index contributed by atoms with van der Waals surface area (Å²) in [6.45, 7) is 4.39. The van der Waals surface area contributed by atoms with E-state index in [1.165, 1.54) is 0 Å². The van der Waals surface area contributed by atoms with E-state index in [4.69, 9.17) is 4.98 Å². The third-order valence-electron chi connectivity index (χ3n) is 6.70. The number of rotatable bonds is 7. The van der Waals surface area contributed by atoms with Gasteiger partial charge in [0, 0.05) is 62.2 Å². The number of hydrogen-bond donors (Lipinski definition) is 2. The molecular weight excluding hydrogens is 402 g/mol. The summed E-state index contributed by atoms with van der Waals surface area (Å²) >= 11 is 0. The average Bonchev–Trinajstić information content (AvgIpc) is 3.25. The van der Waals surface area contributed by atoms with E-state index in [1.54, 1.807) is 7.05 Å². The van der Waals surface area contributed by atoms with Crippen LogP contribution in [-0.2, 0) is 4.79 Å². The molecule has 1 aromatic carbocycles. The molecule has 170 valence electrons. The van der Waals surface area contributed by atoms with Crippen molar-refractivity contribution >= 4 is 28.4 Å². The summed E-state index contributed by atoms with van der Waals surface area (Å²) in [6, 6.07) is 9.80. The predicted molar refractivity (Wildman–Crippen MR) is 127 cm³/mol. The Hall–Kier alpha value is -2.96. The first-order chi connectivity index (χ1) is 15.5. The molecule has 4 rings (SSSR count). The smallest absolute Gasteiger partial charge is 0.251 e. The second-order valence-electron chi connectivity index (χ2n) is 9.00. The van der Waals surface area contributed by atoms with E-state index in [0.29, 0.717) is 30.4 Å². The van der Waals surface area contributed by atoms with Crippen molar-refractivity contribution < 1.29 is 9.59 Å². The minimum absolute atomic E-state index is 0.0731. The van der Waals surface area contributed by atoms with Crippen LogP contribution in [-0.4, -0.2) is 54.2 Å². The van der Waals surface area contributed by atoms with E-state index in [1.807, 2.05) is 42.3 Å². The molecule has 2 N–H and O–H groups in total. The molecule has 0 bridgehead atoms. The molecule has 7 nitrogen and oxygen atoms in total. The van der Waals surface area contributed by atoms with Crippen molar-refractivity contribution in [1.29, 1.82) is 0 Å². The summed E-state index contributed by atoms with van der Waals surface area (Å²) in [5.41, 5.74) is 3.72. The number of benzene rings is 1. The molecule has 2 aromatic rings. The molecule has 1 saturated carbocycles. The van der Waals surface area contributed by atoms with Crippen molar-refractivity contribution in [2.45, 2.75) is 51.4 Å². The highest BCUT2D eigenvalue weighted by molar-refractivity contribution is 6.06. The first kappa shape index (κ1) is 22.2. The minimum atomic E-state index is -0.0731. The molecule has 2 heterocycles. The zero-order chi connectivity index (χ0) is 22.5. The molecule has 0 spiro atoms. The van der Waals surface area contributed by atoms with Crippen LogP contribution in [0.3, 0.4) is 0 Å². The van der Waals surface area contributed by atoms with Crippen molar-refractivity contribution in [3.63, 3.8) is 0 Å². The molecule has 2 aliphatic rings. The number of carbonyl (C=O) groups excluding carboxylic acids is 2.